The molecule has 1 aromatic heterocycles. The summed E-state index contributed by atoms with van der Waals surface area (Å²) in [6, 6.07) is 10.2. The number of amides is 1. The molecule has 1 heterocycles. The maximum absolute atomic E-state index is 13.6. The normalized spacial score (nSPS) is 13.9. The zero-order valence-corrected chi connectivity index (χ0v) is 23.8. The van der Waals surface area contributed by atoms with Gasteiger partial charge in [-0.1, -0.05) is 52.7 Å². The molecule has 9 heteroatoms. The second kappa shape index (κ2) is 12.5. The molecule has 1 aliphatic rings. The molecule has 1 saturated carbocycles. The minimum Gasteiger partial charge on any atom is -0.487 e. The molecule has 1 unspecified atom stereocenters. The first-order chi connectivity index (χ1) is 17.8. The van der Waals surface area contributed by atoms with Crippen molar-refractivity contribution in [3.05, 3.63) is 73.7 Å². The molecule has 1 amide bonds. The van der Waals surface area contributed by atoms with E-state index in [0.29, 0.717) is 40.0 Å². The number of hydrogen-bond acceptors (Lipinski definition) is 6. The fourth-order valence-corrected chi connectivity index (χ4v) is 5.80. The molecule has 0 spiro atoms. The Balaban J connectivity index is 1.32. The van der Waals surface area contributed by atoms with Crippen molar-refractivity contribution in [2.45, 2.75) is 52.6 Å². The lowest BCUT2D eigenvalue weighted by Crippen LogP contribution is -2.41. The fourth-order valence-electron chi connectivity index (χ4n) is 4.24. The molecule has 0 saturated heterocycles. The van der Waals surface area contributed by atoms with E-state index in [0.717, 1.165) is 23.3 Å². The van der Waals surface area contributed by atoms with E-state index in [-0.39, 0.29) is 31.6 Å². The number of benzene rings is 2. The third-order valence-corrected chi connectivity index (χ3v) is 8.13. The minimum absolute atomic E-state index is 0.113. The Labute approximate surface area is 232 Å². The predicted molar refractivity (Wildman–Crippen MR) is 150 cm³/mol. The van der Waals surface area contributed by atoms with Gasteiger partial charge in [-0.25, -0.2) is 4.98 Å². The van der Waals surface area contributed by atoms with E-state index in [1.54, 1.807) is 18.3 Å². The van der Waals surface area contributed by atoms with Gasteiger partial charge in [-0.05, 0) is 74.4 Å². The van der Waals surface area contributed by atoms with Gasteiger partial charge < -0.3 is 20.1 Å². The van der Waals surface area contributed by atoms with Crippen molar-refractivity contribution in [1.29, 1.82) is 0 Å². The lowest BCUT2D eigenvalue weighted by atomic mass is 10.00. The SMILES string of the molecule is Cc1cc(Cl)c(OCCOc2ncc(CC(CN)C(=O)N(Cc3cccc(C)c3C)C3CC3)s2)c(Cl)c1. The summed E-state index contributed by atoms with van der Waals surface area (Å²) in [5.74, 6) is 0.262. The van der Waals surface area contributed by atoms with Crippen molar-refractivity contribution in [3.8, 4) is 10.9 Å². The summed E-state index contributed by atoms with van der Waals surface area (Å²) < 4.78 is 11.5. The summed E-state index contributed by atoms with van der Waals surface area (Å²) in [4.78, 5) is 20.9. The Kier molecular flexibility index (Phi) is 9.35. The highest BCUT2D eigenvalue weighted by atomic mass is 35.5. The quantitative estimate of drug-likeness (QED) is 0.268. The summed E-state index contributed by atoms with van der Waals surface area (Å²) in [6.45, 7) is 7.62. The zero-order chi connectivity index (χ0) is 26.5. The zero-order valence-electron chi connectivity index (χ0n) is 21.4. The molecule has 0 radical (unpaired) electrons. The number of carbonyl (C=O) groups is 1. The largest absolute Gasteiger partial charge is 0.487 e. The number of nitrogens with zero attached hydrogens (tertiary/aromatic N) is 2. The van der Waals surface area contributed by atoms with E-state index in [4.69, 9.17) is 38.4 Å². The van der Waals surface area contributed by atoms with Crippen LogP contribution >= 0.6 is 34.5 Å². The van der Waals surface area contributed by atoms with Gasteiger partial charge in [-0.3, -0.25) is 4.79 Å². The van der Waals surface area contributed by atoms with Crippen molar-refractivity contribution in [2.24, 2.45) is 11.7 Å². The number of carbonyl (C=O) groups excluding carboxylic acids is 1. The van der Waals surface area contributed by atoms with Crippen LogP contribution < -0.4 is 15.2 Å². The molecular weight excluding hydrogens is 529 g/mol. The maximum atomic E-state index is 13.6. The second-order valence-corrected chi connectivity index (χ2v) is 11.4. The van der Waals surface area contributed by atoms with Crippen molar-refractivity contribution >= 4 is 40.4 Å². The number of nitrogens with two attached hydrogens (primary N) is 1. The summed E-state index contributed by atoms with van der Waals surface area (Å²) in [7, 11) is 0. The molecule has 4 rings (SSSR count). The van der Waals surface area contributed by atoms with Crippen LogP contribution in [0.3, 0.4) is 0 Å². The third-order valence-electron chi connectivity index (χ3n) is 6.64. The first-order valence-corrected chi connectivity index (χ1v) is 14.1. The number of aromatic nitrogens is 1. The van der Waals surface area contributed by atoms with Crippen LogP contribution in [0.1, 0.15) is 40.0 Å². The number of rotatable bonds is 12. The summed E-state index contributed by atoms with van der Waals surface area (Å²) in [5, 5.41) is 1.46. The molecule has 198 valence electrons. The van der Waals surface area contributed by atoms with E-state index in [9.17, 15) is 4.79 Å². The topological polar surface area (TPSA) is 77.7 Å². The molecule has 1 aliphatic carbocycles. The number of ether oxygens (including phenoxy) is 2. The van der Waals surface area contributed by atoms with Crippen molar-refractivity contribution in [1.82, 2.24) is 9.88 Å². The van der Waals surface area contributed by atoms with Crippen LogP contribution in [0.2, 0.25) is 10.0 Å². The molecule has 3 aromatic rings. The molecule has 2 aromatic carbocycles. The van der Waals surface area contributed by atoms with Crippen LogP contribution in [0.25, 0.3) is 0 Å². The molecule has 1 fully saturated rings. The Bertz CT molecular complexity index is 1220. The number of thiazole rings is 1. The van der Waals surface area contributed by atoms with Crippen LogP contribution in [-0.2, 0) is 17.8 Å². The van der Waals surface area contributed by atoms with Gasteiger partial charge >= 0.3 is 0 Å². The first kappa shape index (κ1) is 27.7. The number of aryl methyl sites for hydroxylation is 2. The highest BCUT2D eigenvalue weighted by molar-refractivity contribution is 7.13. The van der Waals surface area contributed by atoms with Crippen molar-refractivity contribution in [2.75, 3.05) is 19.8 Å². The molecule has 0 bridgehead atoms. The highest BCUT2D eigenvalue weighted by Gasteiger charge is 2.36. The standard InChI is InChI=1S/C28H33Cl2N3O3S/c1-17-11-24(29)26(25(30)12-17)35-9-10-36-28-32-15-23(37-28)13-21(14-31)27(34)33(22-7-8-22)16-20-6-4-5-18(2)19(20)3/h4-6,11-12,15,21-22H,7-10,13-14,16,31H2,1-3H3. The lowest BCUT2D eigenvalue weighted by molar-refractivity contribution is -0.136. The first-order valence-electron chi connectivity index (χ1n) is 12.5. The Morgan fingerprint density at radius 1 is 1.16 bits per heavy atom. The molecular formula is C28H33Cl2N3O3S. The highest BCUT2D eigenvalue weighted by Crippen LogP contribution is 2.34. The predicted octanol–water partition coefficient (Wildman–Crippen LogP) is 6.14. The minimum atomic E-state index is -0.298. The average Bonchev–Trinajstić information content (AvgIpc) is 3.60. The monoisotopic (exact) mass is 561 g/mol. The second-order valence-electron chi connectivity index (χ2n) is 9.54. The van der Waals surface area contributed by atoms with Crippen LogP contribution in [0.15, 0.2) is 36.5 Å². The Morgan fingerprint density at radius 3 is 2.54 bits per heavy atom. The molecule has 37 heavy (non-hydrogen) atoms. The van der Waals surface area contributed by atoms with Gasteiger partial charge in [0.25, 0.3) is 5.19 Å². The van der Waals surface area contributed by atoms with E-state index in [1.165, 1.54) is 28.0 Å². The van der Waals surface area contributed by atoms with Gasteiger partial charge in [0.1, 0.15) is 13.2 Å². The van der Waals surface area contributed by atoms with Gasteiger partial charge in [0, 0.05) is 30.2 Å². The molecule has 0 aliphatic heterocycles. The van der Waals surface area contributed by atoms with Crippen LogP contribution in [-0.4, -0.2) is 41.6 Å². The maximum Gasteiger partial charge on any atom is 0.273 e. The Hall–Kier alpha value is -2.32. The van der Waals surface area contributed by atoms with Gasteiger partial charge in [-0.2, -0.15) is 0 Å². The average molecular weight is 563 g/mol. The number of halogens is 2. The van der Waals surface area contributed by atoms with E-state index >= 15 is 0 Å². The lowest BCUT2D eigenvalue weighted by Gasteiger charge is -2.27. The Morgan fingerprint density at radius 2 is 1.86 bits per heavy atom. The van der Waals surface area contributed by atoms with E-state index in [1.807, 2.05) is 11.8 Å². The van der Waals surface area contributed by atoms with Crippen molar-refractivity contribution in [3.63, 3.8) is 0 Å². The van der Waals surface area contributed by atoms with Crippen LogP contribution in [0, 0.1) is 26.7 Å². The summed E-state index contributed by atoms with van der Waals surface area (Å²) in [6.07, 6.45) is 4.40. The van der Waals surface area contributed by atoms with Gasteiger partial charge in [0.2, 0.25) is 5.91 Å². The molecule has 2 N–H and O–H groups in total. The summed E-state index contributed by atoms with van der Waals surface area (Å²) in [5.41, 5.74) is 10.7. The fraction of sp³-hybridized carbons (Fsp3) is 0.429. The van der Waals surface area contributed by atoms with E-state index in [2.05, 4.69) is 37.0 Å². The van der Waals surface area contributed by atoms with Crippen LogP contribution in [0.5, 0.6) is 10.9 Å². The number of hydrogen-bond donors (Lipinski definition) is 1. The molecule has 6 nitrogen and oxygen atoms in total. The van der Waals surface area contributed by atoms with Gasteiger partial charge in [0.15, 0.2) is 5.75 Å². The van der Waals surface area contributed by atoms with Crippen LogP contribution in [0.4, 0.5) is 0 Å². The van der Waals surface area contributed by atoms with Gasteiger partial charge in [-0.15, -0.1) is 0 Å². The summed E-state index contributed by atoms with van der Waals surface area (Å²) >= 11 is 13.9. The molecule has 1 atom stereocenters. The van der Waals surface area contributed by atoms with Crippen molar-refractivity contribution < 1.29 is 14.3 Å². The smallest absolute Gasteiger partial charge is 0.273 e. The van der Waals surface area contributed by atoms with Gasteiger partial charge in [0.05, 0.1) is 16.0 Å². The van der Waals surface area contributed by atoms with E-state index < -0.39 is 0 Å². The third kappa shape index (κ3) is 7.17.